The summed E-state index contributed by atoms with van der Waals surface area (Å²) in [6.07, 6.45) is 12.1. The molecule has 2 fully saturated rings. The number of nitrogens with zero attached hydrogens (tertiary/aromatic N) is 6. The SMILES string of the molecule is CC(=O)Nc1cccc(-c2ccc3c(c2)NC(=O)C2(CCN(C#N)C2)C3)c1.N#CN1CCC2(Cc3ccc(-c4cncnc4)cc3NC2=O)C1. The molecule has 5 heterocycles. The maximum atomic E-state index is 12.8. The highest BCUT2D eigenvalue weighted by molar-refractivity contribution is 6.00. The van der Waals surface area contributed by atoms with E-state index in [0.29, 0.717) is 45.4 Å². The molecule has 4 aliphatic heterocycles. The largest absolute Gasteiger partial charge is 0.326 e. The number of carbonyl (C=O) groups is 3. The van der Waals surface area contributed by atoms with Crippen LogP contribution < -0.4 is 16.0 Å². The normalized spacial score (nSPS) is 21.6. The number of aromatic nitrogens is 2. The van der Waals surface area contributed by atoms with Crippen molar-refractivity contribution in [1.29, 1.82) is 10.5 Å². The lowest BCUT2D eigenvalue weighted by molar-refractivity contribution is -0.126. The van der Waals surface area contributed by atoms with Crippen molar-refractivity contribution >= 4 is 34.8 Å². The molecule has 8 rings (SSSR count). The van der Waals surface area contributed by atoms with Crippen LogP contribution >= 0.6 is 0 Å². The first kappa shape index (κ1) is 32.3. The number of hydrogen-bond acceptors (Lipinski definition) is 9. The van der Waals surface area contributed by atoms with Crippen LogP contribution in [0, 0.1) is 33.7 Å². The molecule has 2 unspecified atom stereocenters. The third-order valence-electron chi connectivity index (χ3n) is 10.1. The number of benzene rings is 3. The molecule has 50 heavy (non-hydrogen) atoms. The highest BCUT2D eigenvalue weighted by Gasteiger charge is 2.48. The summed E-state index contributed by atoms with van der Waals surface area (Å²) < 4.78 is 0. The lowest BCUT2D eigenvalue weighted by Crippen LogP contribution is -2.43. The molecule has 2 atom stereocenters. The first-order valence-electron chi connectivity index (χ1n) is 16.5. The van der Waals surface area contributed by atoms with E-state index in [1.807, 2.05) is 60.7 Å². The smallest absolute Gasteiger partial charge is 0.232 e. The van der Waals surface area contributed by atoms with Crippen LogP contribution in [0.25, 0.3) is 22.3 Å². The molecule has 3 amide bonds. The van der Waals surface area contributed by atoms with Gasteiger partial charge in [-0.1, -0.05) is 36.4 Å². The quantitative estimate of drug-likeness (QED) is 0.261. The molecule has 0 saturated carbocycles. The van der Waals surface area contributed by atoms with E-state index in [9.17, 15) is 14.4 Å². The molecule has 4 aliphatic rings. The van der Waals surface area contributed by atoms with Crippen LogP contribution in [-0.4, -0.2) is 63.7 Å². The predicted molar refractivity (Wildman–Crippen MR) is 187 cm³/mol. The van der Waals surface area contributed by atoms with Gasteiger partial charge in [0.05, 0.1) is 10.8 Å². The fourth-order valence-electron chi connectivity index (χ4n) is 7.46. The summed E-state index contributed by atoms with van der Waals surface area (Å²) in [5, 5.41) is 27.0. The molecule has 2 spiro atoms. The van der Waals surface area contributed by atoms with Gasteiger partial charge >= 0.3 is 0 Å². The minimum Gasteiger partial charge on any atom is -0.326 e. The number of rotatable bonds is 3. The second kappa shape index (κ2) is 13.0. The summed E-state index contributed by atoms with van der Waals surface area (Å²) in [6.45, 7) is 3.75. The van der Waals surface area contributed by atoms with Gasteiger partial charge in [0.25, 0.3) is 0 Å². The molecule has 1 aromatic heterocycles. The van der Waals surface area contributed by atoms with Gasteiger partial charge in [-0.25, -0.2) is 9.97 Å². The third kappa shape index (κ3) is 6.19. The zero-order valence-corrected chi connectivity index (χ0v) is 27.6. The van der Waals surface area contributed by atoms with E-state index >= 15 is 0 Å². The van der Waals surface area contributed by atoms with E-state index in [1.54, 1.807) is 22.2 Å². The van der Waals surface area contributed by atoms with Gasteiger partial charge < -0.3 is 25.8 Å². The number of likely N-dealkylation sites (tertiary alicyclic amines) is 2. The van der Waals surface area contributed by atoms with Crippen molar-refractivity contribution in [2.75, 3.05) is 42.1 Å². The number of fused-ring (bicyclic) bond motifs is 2. The molecule has 3 N–H and O–H groups in total. The lowest BCUT2D eigenvalue weighted by Gasteiger charge is -2.33. The topological polar surface area (TPSA) is 167 Å². The number of carbonyl (C=O) groups excluding carboxylic acids is 3. The van der Waals surface area contributed by atoms with Crippen LogP contribution in [0.1, 0.15) is 30.9 Å². The molecule has 0 bridgehead atoms. The van der Waals surface area contributed by atoms with Crippen molar-refractivity contribution in [3.8, 4) is 34.6 Å². The number of nitrogens with one attached hydrogen (secondary N) is 3. The van der Waals surface area contributed by atoms with E-state index in [0.717, 1.165) is 56.9 Å². The lowest BCUT2D eigenvalue weighted by atomic mass is 9.76. The fraction of sp³-hybridized carbons (Fsp3) is 0.289. The van der Waals surface area contributed by atoms with Crippen molar-refractivity contribution in [2.45, 2.75) is 32.6 Å². The van der Waals surface area contributed by atoms with Crippen molar-refractivity contribution in [2.24, 2.45) is 10.8 Å². The molecular formula is C38H35N9O3. The molecule has 12 heteroatoms. The third-order valence-corrected chi connectivity index (χ3v) is 10.1. The first-order valence-corrected chi connectivity index (χ1v) is 16.5. The highest BCUT2D eigenvalue weighted by Crippen LogP contribution is 2.43. The Labute approximate surface area is 289 Å². The standard InChI is InChI=1S/C21H20N4O2.C17H15N5O/c1-14(26)23-18-4-2-3-15(9-18)16-5-6-17-11-21(7-8-25(12-21)13-22)20(27)24-19(17)10-16;18-10-22-4-3-17(9-22)6-13-2-1-12(5-15(13)21-16(17)23)14-7-19-11-20-8-14/h2-6,9-10H,7-8,11-12H2,1H3,(H,23,26)(H,24,27);1-2,5,7-8,11H,3-4,6,9H2,(H,21,23). The van der Waals surface area contributed by atoms with E-state index in [1.165, 1.54) is 13.3 Å². The Balaban J connectivity index is 0.000000159. The van der Waals surface area contributed by atoms with Crippen molar-refractivity contribution in [1.82, 2.24) is 19.8 Å². The summed E-state index contributed by atoms with van der Waals surface area (Å²) in [5.41, 5.74) is 7.48. The van der Waals surface area contributed by atoms with E-state index < -0.39 is 10.8 Å². The summed E-state index contributed by atoms with van der Waals surface area (Å²) in [4.78, 5) is 48.0. The van der Waals surface area contributed by atoms with Crippen molar-refractivity contribution in [3.63, 3.8) is 0 Å². The van der Waals surface area contributed by atoms with E-state index in [4.69, 9.17) is 10.5 Å². The Hall–Kier alpha value is -6.27. The van der Waals surface area contributed by atoms with Gasteiger partial charge in [-0.3, -0.25) is 14.4 Å². The van der Waals surface area contributed by atoms with Crippen LogP contribution in [0.15, 0.2) is 79.4 Å². The Bertz CT molecular complexity index is 2090. The number of nitriles is 2. The van der Waals surface area contributed by atoms with Gasteiger partial charge in [-0.2, -0.15) is 10.5 Å². The van der Waals surface area contributed by atoms with Crippen LogP contribution in [0.2, 0.25) is 0 Å². The highest BCUT2D eigenvalue weighted by atomic mass is 16.2. The summed E-state index contributed by atoms with van der Waals surface area (Å²) in [5.74, 6) is -0.0979. The number of hydrogen-bond donors (Lipinski definition) is 3. The Kier molecular flexibility index (Phi) is 8.38. The fourth-order valence-corrected chi connectivity index (χ4v) is 7.46. The van der Waals surface area contributed by atoms with Crippen LogP contribution in [0.5, 0.6) is 0 Å². The minimum atomic E-state index is -0.504. The van der Waals surface area contributed by atoms with Gasteiger partial charge in [0.1, 0.15) is 6.33 Å². The predicted octanol–water partition coefficient (Wildman–Crippen LogP) is 4.79. The average Bonchev–Trinajstić information content (AvgIpc) is 3.75. The maximum absolute atomic E-state index is 12.8. The summed E-state index contributed by atoms with van der Waals surface area (Å²) in [7, 11) is 0. The van der Waals surface area contributed by atoms with E-state index in [-0.39, 0.29) is 17.7 Å². The molecule has 12 nitrogen and oxygen atoms in total. The Morgan fingerprint density at radius 3 is 1.78 bits per heavy atom. The summed E-state index contributed by atoms with van der Waals surface area (Å²) >= 11 is 0. The summed E-state index contributed by atoms with van der Waals surface area (Å²) in [6, 6.07) is 19.7. The molecular weight excluding hydrogens is 630 g/mol. The number of anilines is 3. The van der Waals surface area contributed by atoms with Gasteiger partial charge in [-0.05, 0) is 77.8 Å². The van der Waals surface area contributed by atoms with Gasteiger partial charge in [0.2, 0.25) is 17.7 Å². The monoisotopic (exact) mass is 665 g/mol. The number of amides is 3. The van der Waals surface area contributed by atoms with Crippen molar-refractivity contribution < 1.29 is 14.4 Å². The second-order valence-electron chi connectivity index (χ2n) is 13.5. The molecule has 4 aromatic rings. The molecule has 250 valence electrons. The van der Waals surface area contributed by atoms with Crippen LogP contribution in [0.3, 0.4) is 0 Å². The Morgan fingerprint density at radius 2 is 1.28 bits per heavy atom. The zero-order chi connectivity index (χ0) is 34.9. The molecule has 2 saturated heterocycles. The first-order chi connectivity index (χ1) is 24.2. The molecule has 0 aliphatic carbocycles. The molecule has 3 aromatic carbocycles. The Morgan fingerprint density at radius 1 is 0.760 bits per heavy atom. The second-order valence-corrected chi connectivity index (χ2v) is 13.5. The molecule has 0 radical (unpaired) electrons. The van der Waals surface area contributed by atoms with Crippen LogP contribution in [0.4, 0.5) is 17.1 Å². The average molecular weight is 666 g/mol. The van der Waals surface area contributed by atoms with Crippen LogP contribution in [-0.2, 0) is 27.2 Å². The van der Waals surface area contributed by atoms with Gasteiger partial charge in [0, 0.05) is 68.1 Å². The maximum Gasteiger partial charge on any atom is 0.232 e. The minimum absolute atomic E-state index is 0.00287. The zero-order valence-electron chi connectivity index (χ0n) is 27.6. The van der Waals surface area contributed by atoms with Gasteiger partial charge in [-0.15, -0.1) is 0 Å². The van der Waals surface area contributed by atoms with E-state index in [2.05, 4.69) is 38.3 Å². The van der Waals surface area contributed by atoms with Crippen molar-refractivity contribution in [3.05, 3.63) is 90.5 Å². The van der Waals surface area contributed by atoms with Gasteiger partial charge in [0.15, 0.2) is 12.4 Å².